The van der Waals surface area contributed by atoms with E-state index in [4.69, 9.17) is 16.0 Å². The summed E-state index contributed by atoms with van der Waals surface area (Å²) in [6, 6.07) is 9.18. The quantitative estimate of drug-likeness (QED) is 0.462. The van der Waals surface area contributed by atoms with E-state index < -0.39 is 13.9 Å². The van der Waals surface area contributed by atoms with E-state index in [9.17, 15) is 4.79 Å². The molecular weight excluding hydrogens is 264 g/mol. The van der Waals surface area contributed by atoms with Gasteiger partial charge in [0.25, 0.3) is 0 Å². The molecule has 0 heterocycles. The molecule has 1 rings (SSSR count). The number of benzene rings is 1. The lowest BCUT2D eigenvalue weighted by atomic mass is 9.92. The number of rotatable bonds is 5. The maximum atomic E-state index is 12.6. The lowest BCUT2D eigenvalue weighted by molar-refractivity contribution is 0.0488. The standard InChI is InChI=1S/C14H21ClO2Si/c1-11(15)14(2,17-18(3,4)5)13(16)12-9-7-6-8-10-12/h6-11H,1-5H3/t11-,14-/m0/s1. The Kier molecular flexibility index (Phi) is 4.76. The SMILES string of the molecule is C[C@H](Cl)[C@](C)(O[Si](C)(C)C)C(=O)c1ccccc1. The summed E-state index contributed by atoms with van der Waals surface area (Å²) in [4.78, 5) is 12.6. The van der Waals surface area contributed by atoms with Crippen molar-refractivity contribution in [2.24, 2.45) is 0 Å². The molecule has 0 aliphatic rings. The molecule has 0 spiro atoms. The van der Waals surface area contributed by atoms with Crippen molar-refractivity contribution in [1.82, 2.24) is 0 Å². The second-order valence-corrected chi connectivity index (χ2v) is 10.7. The van der Waals surface area contributed by atoms with Crippen LogP contribution < -0.4 is 0 Å². The van der Waals surface area contributed by atoms with Crippen molar-refractivity contribution in [3.8, 4) is 0 Å². The number of carbonyl (C=O) groups excluding carboxylic acids is 1. The highest BCUT2D eigenvalue weighted by molar-refractivity contribution is 6.70. The first-order valence-electron chi connectivity index (χ1n) is 6.11. The van der Waals surface area contributed by atoms with Gasteiger partial charge in [-0.25, -0.2) is 0 Å². The van der Waals surface area contributed by atoms with E-state index in [1.54, 1.807) is 19.1 Å². The van der Waals surface area contributed by atoms with Crippen molar-refractivity contribution in [3.05, 3.63) is 35.9 Å². The average molecular weight is 285 g/mol. The molecule has 0 aromatic heterocycles. The van der Waals surface area contributed by atoms with Crippen LogP contribution in [0.25, 0.3) is 0 Å². The van der Waals surface area contributed by atoms with Crippen molar-refractivity contribution in [2.75, 3.05) is 0 Å². The van der Waals surface area contributed by atoms with E-state index in [-0.39, 0.29) is 11.2 Å². The largest absolute Gasteiger partial charge is 0.404 e. The highest BCUT2D eigenvalue weighted by Crippen LogP contribution is 2.29. The molecule has 0 aliphatic heterocycles. The molecule has 0 saturated carbocycles. The molecule has 0 fully saturated rings. The van der Waals surface area contributed by atoms with Crippen LogP contribution in [0.15, 0.2) is 30.3 Å². The topological polar surface area (TPSA) is 26.3 Å². The number of hydrogen-bond acceptors (Lipinski definition) is 2. The van der Waals surface area contributed by atoms with Gasteiger partial charge in [0, 0.05) is 5.56 Å². The normalized spacial score (nSPS) is 17.0. The third-order valence-corrected chi connectivity index (χ3v) is 4.22. The van der Waals surface area contributed by atoms with Gasteiger partial charge in [-0.3, -0.25) is 4.79 Å². The van der Waals surface area contributed by atoms with E-state index in [1.165, 1.54) is 0 Å². The molecule has 0 amide bonds. The summed E-state index contributed by atoms with van der Waals surface area (Å²) in [5.41, 5.74) is -0.321. The van der Waals surface area contributed by atoms with Crippen molar-refractivity contribution in [2.45, 2.75) is 44.5 Å². The Bertz CT molecular complexity index is 412. The van der Waals surface area contributed by atoms with Gasteiger partial charge in [-0.15, -0.1) is 11.6 Å². The first-order valence-corrected chi connectivity index (χ1v) is 9.95. The van der Waals surface area contributed by atoms with Gasteiger partial charge >= 0.3 is 0 Å². The first kappa shape index (κ1) is 15.4. The second-order valence-electron chi connectivity index (χ2n) is 5.63. The Morgan fingerprint density at radius 2 is 1.78 bits per heavy atom. The Labute approximate surface area is 115 Å². The van der Waals surface area contributed by atoms with Crippen LogP contribution >= 0.6 is 11.6 Å². The smallest absolute Gasteiger partial charge is 0.194 e. The Hall–Kier alpha value is -0.643. The van der Waals surface area contributed by atoms with Gasteiger partial charge in [-0.2, -0.15) is 0 Å². The van der Waals surface area contributed by atoms with Gasteiger partial charge < -0.3 is 4.43 Å². The molecule has 2 atom stereocenters. The number of ketones is 1. The lowest BCUT2D eigenvalue weighted by Crippen LogP contribution is -2.51. The average Bonchev–Trinajstić information content (AvgIpc) is 2.26. The summed E-state index contributed by atoms with van der Waals surface area (Å²) in [5, 5.41) is -0.378. The minimum atomic E-state index is -1.86. The Balaban J connectivity index is 3.10. The minimum Gasteiger partial charge on any atom is -0.404 e. The van der Waals surface area contributed by atoms with E-state index in [0.29, 0.717) is 5.56 Å². The predicted octanol–water partition coefficient (Wildman–Crippen LogP) is 4.11. The van der Waals surface area contributed by atoms with Crippen LogP contribution in [-0.2, 0) is 4.43 Å². The molecule has 0 radical (unpaired) electrons. The monoisotopic (exact) mass is 284 g/mol. The van der Waals surface area contributed by atoms with E-state index in [1.807, 2.05) is 25.1 Å². The van der Waals surface area contributed by atoms with Crippen molar-refractivity contribution >= 4 is 25.7 Å². The molecule has 0 N–H and O–H groups in total. The van der Waals surface area contributed by atoms with E-state index >= 15 is 0 Å². The van der Waals surface area contributed by atoms with Gasteiger partial charge in [0.15, 0.2) is 14.1 Å². The molecule has 2 nitrogen and oxygen atoms in total. The fourth-order valence-electron chi connectivity index (χ4n) is 1.82. The molecule has 1 aromatic carbocycles. The van der Waals surface area contributed by atoms with Crippen LogP contribution in [0.4, 0.5) is 0 Å². The number of halogens is 1. The summed E-state index contributed by atoms with van der Waals surface area (Å²) in [5.74, 6) is -0.0481. The van der Waals surface area contributed by atoms with Crippen LogP contribution in [0.1, 0.15) is 24.2 Å². The summed E-state index contributed by atoms with van der Waals surface area (Å²) >= 11 is 6.21. The van der Waals surface area contributed by atoms with Crippen LogP contribution in [0.3, 0.4) is 0 Å². The van der Waals surface area contributed by atoms with Gasteiger partial charge in [0.1, 0.15) is 5.60 Å². The van der Waals surface area contributed by atoms with Crippen molar-refractivity contribution < 1.29 is 9.22 Å². The Morgan fingerprint density at radius 1 is 1.28 bits per heavy atom. The molecule has 18 heavy (non-hydrogen) atoms. The number of Topliss-reactive ketones (excluding diaryl/α,β-unsaturated/α-hetero) is 1. The minimum absolute atomic E-state index is 0.0481. The molecule has 1 aromatic rings. The second kappa shape index (κ2) is 5.55. The molecule has 0 aliphatic carbocycles. The molecule has 100 valence electrons. The van der Waals surface area contributed by atoms with Crippen molar-refractivity contribution in [3.63, 3.8) is 0 Å². The molecule has 4 heteroatoms. The molecule has 0 bridgehead atoms. The van der Waals surface area contributed by atoms with Gasteiger partial charge in [-0.05, 0) is 33.5 Å². The lowest BCUT2D eigenvalue weighted by Gasteiger charge is -2.37. The summed E-state index contributed by atoms with van der Waals surface area (Å²) in [6.45, 7) is 9.77. The number of hydrogen-bond donors (Lipinski definition) is 0. The molecular formula is C14H21ClO2Si. The number of carbonyl (C=O) groups is 1. The van der Waals surface area contributed by atoms with E-state index in [2.05, 4.69) is 19.6 Å². The maximum absolute atomic E-state index is 12.6. The van der Waals surface area contributed by atoms with Crippen LogP contribution in [0, 0.1) is 0 Å². The highest BCUT2D eigenvalue weighted by Gasteiger charge is 2.42. The Morgan fingerprint density at radius 3 is 2.17 bits per heavy atom. The molecule has 0 saturated heterocycles. The zero-order valence-electron chi connectivity index (χ0n) is 11.7. The van der Waals surface area contributed by atoms with E-state index in [0.717, 1.165) is 0 Å². The van der Waals surface area contributed by atoms with Gasteiger partial charge in [0.05, 0.1) is 5.38 Å². The highest BCUT2D eigenvalue weighted by atomic mass is 35.5. The maximum Gasteiger partial charge on any atom is 0.194 e. The fourth-order valence-corrected chi connectivity index (χ4v) is 3.58. The summed E-state index contributed by atoms with van der Waals surface area (Å²) < 4.78 is 6.06. The zero-order chi connectivity index (χ0) is 14.0. The molecule has 0 unspecified atom stereocenters. The van der Waals surface area contributed by atoms with Crippen LogP contribution in [0.5, 0.6) is 0 Å². The predicted molar refractivity (Wildman–Crippen MR) is 78.9 cm³/mol. The van der Waals surface area contributed by atoms with Crippen LogP contribution in [0.2, 0.25) is 19.6 Å². The van der Waals surface area contributed by atoms with Gasteiger partial charge in [-0.1, -0.05) is 30.3 Å². The summed E-state index contributed by atoms with van der Waals surface area (Å²) in [7, 11) is -1.86. The summed E-state index contributed by atoms with van der Waals surface area (Å²) in [6.07, 6.45) is 0. The fraction of sp³-hybridized carbons (Fsp3) is 0.500. The zero-order valence-corrected chi connectivity index (χ0v) is 13.4. The number of alkyl halides is 1. The third-order valence-electron chi connectivity index (χ3n) is 2.76. The third kappa shape index (κ3) is 3.67. The van der Waals surface area contributed by atoms with Gasteiger partial charge in [0.2, 0.25) is 0 Å². The van der Waals surface area contributed by atoms with Crippen molar-refractivity contribution in [1.29, 1.82) is 0 Å². The van der Waals surface area contributed by atoms with Crippen LogP contribution in [-0.4, -0.2) is 25.1 Å². The first-order chi connectivity index (χ1) is 8.17.